The molecule has 2 radical (unpaired) electrons. The van der Waals surface area contributed by atoms with E-state index in [9.17, 15) is 9.59 Å². The normalized spacial score (nSPS) is 13.7. The second-order valence-corrected chi connectivity index (χ2v) is 7.79. The highest BCUT2D eigenvalue weighted by molar-refractivity contribution is 6.40. The molecule has 0 unspecified atom stereocenters. The number of pyridine rings is 1. The lowest BCUT2D eigenvalue weighted by Gasteiger charge is -2.22. The molecule has 3 aromatic rings. The highest BCUT2D eigenvalue weighted by Gasteiger charge is 2.35. The molecule has 1 aliphatic rings. The van der Waals surface area contributed by atoms with Crippen LogP contribution in [0.2, 0.25) is 10.0 Å². The molecule has 2 heterocycles. The standard InChI is InChI=1S/C21H18Cl2N4O2/c1-12-10-15(22)18(16(23)11-12)21(29)26-8-5-14-17(26)4-7-25-19(14)27(9-6-24)20(28)13-2-3-13/h1,4-5,7-8,10-11,13H,2-3,6,9,24H2. The average molecular weight is 429 g/mol. The van der Waals surface area contributed by atoms with Gasteiger partial charge < -0.3 is 5.73 Å². The van der Waals surface area contributed by atoms with Crippen molar-refractivity contribution in [1.29, 1.82) is 0 Å². The van der Waals surface area contributed by atoms with Crippen LogP contribution in [0.3, 0.4) is 0 Å². The van der Waals surface area contributed by atoms with Gasteiger partial charge in [-0.2, -0.15) is 0 Å². The molecule has 8 heteroatoms. The van der Waals surface area contributed by atoms with Crippen molar-refractivity contribution < 1.29 is 9.59 Å². The van der Waals surface area contributed by atoms with Gasteiger partial charge in [-0.1, -0.05) is 23.2 Å². The zero-order valence-corrected chi connectivity index (χ0v) is 17.0. The molecule has 1 aliphatic carbocycles. The van der Waals surface area contributed by atoms with Gasteiger partial charge in [0.05, 0.1) is 21.1 Å². The third-order valence-corrected chi connectivity index (χ3v) is 5.49. The molecule has 2 N–H and O–H groups in total. The molecule has 1 amide bonds. The van der Waals surface area contributed by atoms with Crippen molar-refractivity contribution in [3.05, 3.63) is 64.8 Å². The van der Waals surface area contributed by atoms with Gasteiger partial charge in [0.25, 0.3) is 5.91 Å². The Morgan fingerprint density at radius 2 is 1.93 bits per heavy atom. The summed E-state index contributed by atoms with van der Waals surface area (Å²) < 4.78 is 1.44. The summed E-state index contributed by atoms with van der Waals surface area (Å²) in [6, 6.07) is 6.42. The summed E-state index contributed by atoms with van der Waals surface area (Å²) in [5.41, 5.74) is 6.85. The molecule has 0 saturated heterocycles. The molecule has 1 aromatic carbocycles. The van der Waals surface area contributed by atoms with E-state index in [1.54, 1.807) is 29.4 Å². The molecule has 6 nitrogen and oxygen atoms in total. The first-order chi connectivity index (χ1) is 13.9. The minimum absolute atomic E-state index is 0.0131. The van der Waals surface area contributed by atoms with E-state index in [1.807, 2.05) is 0 Å². The van der Waals surface area contributed by atoms with E-state index < -0.39 is 5.91 Å². The number of carbonyl (C=O) groups is 2. The Morgan fingerprint density at radius 1 is 1.24 bits per heavy atom. The van der Waals surface area contributed by atoms with Crippen LogP contribution in [0.15, 0.2) is 36.7 Å². The van der Waals surface area contributed by atoms with Crippen LogP contribution < -0.4 is 10.6 Å². The predicted octanol–water partition coefficient (Wildman–Crippen LogP) is 3.79. The van der Waals surface area contributed by atoms with Crippen molar-refractivity contribution in [1.82, 2.24) is 9.55 Å². The van der Waals surface area contributed by atoms with Gasteiger partial charge in [0.1, 0.15) is 5.82 Å². The van der Waals surface area contributed by atoms with Crippen LogP contribution in [0.5, 0.6) is 0 Å². The fraction of sp³-hybridized carbons (Fsp3) is 0.238. The topological polar surface area (TPSA) is 81.2 Å². The SMILES string of the molecule is [CH]c1cc(Cl)c(C(=O)n2ccc3c(N(CCN)C(=O)C4CC4)nccc32)c(Cl)c1. The van der Waals surface area contributed by atoms with Gasteiger partial charge in [-0.15, -0.1) is 0 Å². The summed E-state index contributed by atoms with van der Waals surface area (Å²) in [5, 5.41) is 1.01. The number of amides is 1. The first kappa shape index (κ1) is 19.9. The molecular weight excluding hydrogens is 411 g/mol. The number of anilines is 1. The summed E-state index contributed by atoms with van der Waals surface area (Å²) in [6.07, 6.45) is 4.94. The number of nitrogens with zero attached hydrogens (tertiary/aromatic N) is 3. The van der Waals surface area contributed by atoms with E-state index in [2.05, 4.69) is 4.98 Å². The maximum absolute atomic E-state index is 13.2. The molecule has 0 spiro atoms. The zero-order chi connectivity index (χ0) is 20.7. The molecular formula is C21H18Cl2N4O2. The monoisotopic (exact) mass is 428 g/mol. The summed E-state index contributed by atoms with van der Waals surface area (Å²) in [7, 11) is 0. The highest BCUT2D eigenvalue weighted by Crippen LogP contribution is 2.35. The zero-order valence-electron chi connectivity index (χ0n) is 15.4. The van der Waals surface area contributed by atoms with Crippen molar-refractivity contribution in [2.45, 2.75) is 12.8 Å². The van der Waals surface area contributed by atoms with Crippen LogP contribution >= 0.6 is 23.2 Å². The van der Waals surface area contributed by atoms with E-state index in [0.717, 1.165) is 12.8 Å². The number of hydrogen-bond donors (Lipinski definition) is 1. The lowest BCUT2D eigenvalue weighted by atomic mass is 10.1. The van der Waals surface area contributed by atoms with Crippen LogP contribution in [0.25, 0.3) is 10.9 Å². The van der Waals surface area contributed by atoms with Crippen molar-refractivity contribution >= 4 is 51.7 Å². The van der Waals surface area contributed by atoms with E-state index in [0.29, 0.717) is 35.4 Å². The largest absolute Gasteiger partial charge is 0.329 e. The number of benzene rings is 1. The first-order valence-corrected chi connectivity index (χ1v) is 9.94. The van der Waals surface area contributed by atoms with Crippen LogP contribution in [-0.2, 0) is 4.79 Å². The Kier molecular flexibility index (Phi) is 5.34. The Hall–Kier alpha value is -2.41. The van der Waals surface area contributed by atoms with Crippen molar-refractivity contribution in [2.24, 2.45) is 11.7 Å². The average Bonchev–Trinajstić information content (AvgIpc) is 3.43. The number of carbonyl (C=O) groups excluding carboxylic acids is 2. The summed E-state index contributed by atoms with van der Waals surface area (Å²) >= 11 is 12.5. The second-order valence-electron chi connectivity index (χ2n) is 6.97. The maximum atomic E-state index is 13.2. The van der Waals surface area contributed by atoms with E-state index >= 15 is 0 Å². The number of rotatable bonds is 5. The molecule has 4 rings (SSSR count). The smallest absolute Gasteiger partial charge is 0.265 e. The first-order valence-electron chi connectivity index (χ1n) is 9.19. The third kappa shape index (κ3) is 3.64. The summed E-state index contributed by atoms with van der Waals surface area (Å²) in [5.74, 6) is 0.130. The molecule has 148 valence electrons. The number of nitrogens with two attached hydrogens (primary N) is 1. The van der Waals surface area contributed by atoms with Crippen LogP contribution in [-0.4, -0.2) is 34.5 Å². The molecule has 0 atom stereocenters. The van der Waals surface area contributed by atoms with Crippen molar-refractivity contribution in [3.8, 4) is 0 Å². The summed E-state index contributed by atoms with van der Waals surface area (Å²) in [4.78, 5) is 31.9. The van der Waals surface area contributed by atoms with Gasteiger partial charge in [0, 0.05) is 36.8 Å². The number of aromatic nitrogens is 2. The predicted molar refractivity (Wildman–Crippen MR) is 113 cm³/mol. The Labute approximate surface area is 178 Å². The van der Waals surface area contributed by atoms with Gasteiger partial charge in [0.15, 0.2) is 0 Å². The Morgan fingerprint density at radius 3 is 2.55 bits per heavy atom. The molecule has 0 aliphatic heterocycles. The number of fused-ring (bicyclic) bond motifs is 1. The lowest BCUT2D eigenvalue weighted by molar-refractivity contribution is -0.119. The lowest BCUT2D eigenvalue weighted by Crippen LogP contribution is -2.37. The molecule has 29 heavy (non-hydrogen) atoms. The Balaban J connectivity index is 1.80. The van der Waals surface area contributed by atoms with Crippen LogP contribution in [0.4, 0.5) is 5.82 Å². The van der Waals surface area contributed by atoms with E-state index in [1.165, 1.54) is 16.7 Å². The van der Waals surface area contributed by atoms with Gasteiger partial charge in [-0.3, -0.25) is 19.1 Å². The molecule has 2 aromatic heterocycles. The van der Waals surface area contributed by atoms with Crippen LogP contribution in [0, 0.1) is 12.8 Å². The van der Waals surface area contributed by atoms with Crippen LogP contribution in [0.1, 0.15) is 28.8 Å². The van der Waals surface area contributed by atoms with Crippen molar-refractivity contribution in [3.63, 3.8) is 0 Å². The number of halogens is 2. The van der Waals surface area contributed by atoms with Gasteiger partial charge in [-0.05, 0) is 49.6 Å². The summed E-state index contributed by atoms with van der Waals surface area (Å²) in [6.45, 7) is 6.40. The molecule has 1 saturated carbocycles. The van der Waals surface area contributed by atoms with Gasteiger partial charge in [-0.25, -0.2) is 4.98 Å². The maximum Gasteiger partial charge on any atom is 0.265 e. The number of hydrogen-bond acceptors (Lipinski definition) is 4. The van der Waals surface area contributed by atoms with E-state index in [-0.39, 0.29) is 27.4 Å². The second kappa shape index (κ2) is 7.78. The van der Waals surface area contributed by atoms with Gasteiger partial charge in [0.2, 0.25) is 5.91 Å². The molecule has 1 fully saturated rings. The minimum atomic E-state index is -0.397. The fourth-order valence-corrected chi connectivity index (χ4v) is 4.03. The third-order valence-electron chi connectivity index (χ3n) is 4.89. The van der Waals surface area contributed by atoms with E-state index in [4.69, 9.17) is 35.9 Å². The molecule has 0 bridgehead atoms. The van der Waals surface area contributed by atoms with Crippen molar-refractivity contribution in [2.75, 3.05) is 18.0 Å². The highest BCUT2D eigenvalue weighted by atomic mass is 35.5. The Bertz CT molecular complexity index is 1100. The fourth-order valence-electron chi connectivity index (χ4n) is 3.36. The minimum Gasteiger partial charge on any atom is -0.329 e. The van der Waals surface area contributed by atoms with Gasteiger partial charge >= 0.3 is 0 Å². The quantitative estimate of drug-likeness (QED) is 0.669.